The molecule has 0 spiro atoms. The maximum Gasteiger partial charge on any atom is 0.189 e. The van der Waals surface area contributed by atoms with Gasteiger partial charge in [0.25, 0.3) is 0 Å². The fraction of sp³-hybridized carbons (Fsp3) is 0.500. The Kier molecular flexibility index (Phi) is 5.82. The second-order valence-electron chi connectivity index (χ2n) is 3.29. The van der Waals surface area contributed by atoms with Gasteiger partial charge in [0.05, 0.1) is 0 Å². The van der Waals surface area contributed by atoms with Crippen molar-refractivity contribution in [2.75, 3.05) is 19.9 Å². The minimum atomic E-state index is -0.253. The van der Waals surface area contributed by atoms with Crippen molar-refractivity contribution in [2.45, 2.75) is 20.4 Å². The number of rotatable bonds is 7. The first-order chi connectivity index (χ1) is 7.77. The fourth-order valence-electron chi connectivity index (χ4n) is 1.28. The van der Waals surface area contributed by atoms with Gasteiger partial charge in [-0.3, -0.25) is 0 Å². The zero-order chi connectivity index (χ0) is 11.8. The largest absolute Gasteiger partial charge is 0.467 e. The van der Waals surface area contributed by atoms with E-state index in [1.54, 1.807) is 6.07 Å². The van der Waals surface area contributed by atoms with Gasteiger partial charge in [-0.1, -0.05) is 6.92 Å². The van der Waals surface area contributed by atoms with E-state index in [0.29, 0.717) is 18.9 Å². The summed E-state index contributed by atoms with van der Waals surface area (Å²) in [5.74, 6) is 0.410. The van der Waals surface area contributed by atoms with Crippen LogP contribution in [0.5, 0.6) is 5.75 Å². The van der Waals surface area contributed by atoms with Crippen LogP contribution < -0.4 is 10.1 Å². The molecule has 0 amide bonds. The monoisotopic (exact) mass is 227 g/mol. The van der Waals surface area contributed by atoms with Crippen LogP contribution in [0.2, 0.25) is 0 Å². The smallest absolute Gasteiger partial charge is 0.189 e. The zero-order valence-corrected chi connectivity index (χ0v) is 9.75. The lowest BCUT2D eigenvalue weighted by Gasteiger charge is -2.11. The quantitative estimate of drug-likeness (QED) is 0.572. The molecule has 0 unspecified atom stereocenters. The van der Waals surface area contributed by atoms with Gasteiger partial charge in [0.1, 0.15) is 11.6 Å². The third-order valence-corrected chi connectivity index (χ3v) is 2.09. The van der Waals surface area contributed by atoms with Crippen LogP contribution in [0.15, 0.2) is 18.2 Å². The van der Waals surface area contributed by atoms with E-state index in [-0.39, 0.29) is 12.6 Å². The zero-order valence-electron chi connectivity index (χ0n) is 9.75. The lowest BCUT2D eigenvalue weighted by Crippen LogP contribution is -2.13. The topological polar surface area (TPSA) is 30.5 Å². The van der Waals surface area contributed by atoms with Gasteiger partial charge in [-0.15, -0.1) is 0 Å². The standard InChI is InChI=1S/C12H18FNO2/c1-3-14-8-10-7-11(13)5-6-12(10)16-9-15-4-2/h5-7,14H,3-4,8-9H2,1-2H3. The van der Waals surface area contributed by atoms with Gasteiger partial charge in [-0.25, -0.2) is 4.39 Å². The molecule has 0 heterocycles. The van der Waals surface area contributed by atoms with Gasteiger partial charge in [-0.05, 0) is 31.7 Å². The van der Waals surface area contributed by atoms with Crippen LogP contribution in [0.4, 0.5) is 4.39 Å². The first kappa shape index (κ1) is 12.9. The van der Waals surface area contributed by atoms with Crippen molar-refractivity contribution in [1.29, 1.82) is 0 Å². The van der Waals surface area contributed by atoms with E-state index in [4.69, 9.17) is 9.47 Å². The SMILES string of the molecule is CCNCc1cc(F)ccc1OCOCC. The van der Waals surface area contributed by atoms with Crippen LogP contribution in [0.25, 0.3) is 0 Å². The molecule has 0 aliphatic heterocycles. The van der Waals surface area contributed by atoms with Crippen molar-refractivity contribution in [1.82, 2.24) is 5.32 Å². The predicted octanol–water partition coefficient (Wildman–Crippen LogP) is 2.31. The highest BCUT2D eigenvalue weighted by molar-refractivity contribution is 5.33. The highest BCUT2D eigenvalue weighted by Crippen LogP contribution is 2.19. The highest BCUT2D eigenvalue weighted by Gasteiger charge is 2.04. The van der Waals surface area contributed by atoms with Crippen LogP contribution in [0.1, 0.15) is 19.4 Å². The number of halogens is 1. The van der Waals surface area contributed by atoms with Crippen molar-refractivity contribution in [3.63, 3.8) is 0 Å². The van der Waals surface area contributed by atoms with E-state index in [2.05, 4.69) is 5.32 Å². The molecule has 0 atom stereocenters. The molecule has 3 nitrogen and oxygen atoms in total. The average molecular weight is 227 g/mol. The fourth-order valence-corrected chi connectivity index (χ4v) is 1.28. The Bertz CT molecular complexity index is 318. The molecule has 4 heteroatoms. The molecule has 1 aromatic carbocycles. The maximum atomic E-state index is 13.0. The van der Waals surface area contributed by atoms with Gasteiger partial charge >= 0.3 is 0 Å². The van der Waals surface area contributed by atoms with Crippen molar-refractivity contribution >= 4 is 0 Å². The summed E-state index contributed by atoms with van der Waals surface area (Å²) in [6.45, 7) is 6.12. The van der Waals surface area contributed by atoms with E-state index in [1.807, 2.05) is 13.8 Å². The van der Waals surface area contributed by atoms with Crippen LogP contribution in [-0.2, 0) is 11.3 Å². The van der Waals surface area contributed by atoms with E-state index in [0.717, 1.165) is 12.1 Å². The van der Waals surface area contributed by atoms with E-state index in [9.17, 15) is 4.39 Å². The molecular weight excluding hydrogens is 209 g/mol. The molecule has 0 fully saturated rings. The summed E-state index contributed by atoms with van der Waals surface area (Å²) in [5, 5.41) is 3.14. The van der Waals surface area contributed by atoms with Gasteiger partial charge in [-0.2, -0.15) is 0 Å². The molecule has 0 aliphatic rings. The molecule has 1 rings (SSSR count). The van der Waals surface area contributed by atoms with Crippen molar-refractivity contribution in [2.24, 2.45) is 0 Å². The van der Waals surface area contributed by atoms with Crippen LogP contribution >= 0.6 is 0 Å². The Morgan fingerprint density at radius 3 is 2.81 bits per heavy atom. The van der Waals surface area contributed by atoms with Crippen molar-refractivity contribution in [3.05, 3.63) is 29.6 Å². The third kappa shape index (κ3) is 4.16. The molecule has 0 aromatic heterocycles. The molecule has 0 saturated carbocycles. The number of benzene rings is 1. The minimum Gasteiger partial charge on any atom is -0.467 e. The number of nitrogens with one attached hydrogen (secondary N) is 1. The van der Waals surface area contributed by atoms with E-state index >= 15 is 0 Å². The number of ether oxygens (including phenoxy) is 2. The van der Waals surface area contributed by atoms with E-state index in [1.165, 1.54) is 12.1 Å². The lowest BCUT2D eigenvalue weighted by atomic mass is 10.2. The Morgan fingerprint density at radius 1 is 1.31 bits per heavy atom. The molecule has 16 heavy (non-hydrogen) atoms. The first-order valence-electron chi connectivity index (χ1n) is 5.47. The number of hydrogen-bond acceptors (Lipinski definition) is 3. The summed E-state index contributed by atoms with van der Waals surface area (Å²) in [6.07, 6.45) is 0. The molecule has 1 N–H and O–H groups in total. The molecule has 0 saturated heterocycles. The minimum absolute atomic E-state index is 0.196. The summed E-state index contributed by atoms with van der Waals surface area (Å²) in [7, 11) is 0. The molecule has 0 bridgehead atoms. The van der Waals surface area contributed by atoms with Crippen molar-refractivity contribution in [3.8, 4) is 5.75 Å². The predicted molar refractivity (Wildman–Crippen MR) is 60.9 cm³/mol. The summed E-state index contributed by atoms with van der Waals surface area (Å²) in [4.78, 5) is 0. The Hall–Kier alpha value is -1.13. The van der Waals surface area contributed by atoms with Gasteiger partial charge < -0.3 is 14.8 Å². The molecule has 1 aromatic rings. The van der Waals surface area contributed by atoms with Gasteiger partial charge in [0.2, 0.25) is 0 Å². The molecule has 0 aliphatic carbocycles. The van der Waals surface area contributed by atoms with Crippen LogP contribution in [-0.4, -0.2) is 19.9 Å². The second-order valence-corrected chi connectivity index (χ2v) is 3.29. The Morgan fingerprint density at radius 2 is 2.12 bits per heavy atom. The summed E-state index contributed by atoms with van der Waals surface area (Å²) < 4.78 is 23.5. The Balaban J connectivity index is 2.64. The van der Waals surface area contributed by atoms with Gasteiger partial charge in [0, 0.05) is 18.7 Å². The summed E-state index contributed by atoms with van der Waals surface area (Å²) in [6, 6.07) is 4.49. The Labute approximate surface area is 95.6 Å². The van der Waals surface area contributed by atoms with Gasteiger partial charge in [0.15, 0.2) is 6.79 Å². The van der Waals surface area contributed by atoms with Crippen molar-refractivity contribution < 1.29 is 13.9 Å². The maximum absolute atomic E-state index is 13.0. The third-order valence-electron chi connectivity index (χ3n) is 2.09. The highest BCUT2D eigenvalue weighted by atomic mass is 19.1. The van der Waals surface area contributed by atoms with Crippen LogP contribution in [0.3, 0.4) is 0 Å². The summed E-state index contributed by atoms with van der Waals surface area (Å²) in [5.41, 5.74) is 0.807. The molecule has 90 valence electrons. The second kappa shape index (κ2) is 7.19. The van der Waals surface area contributed by atoms with Crippen LogP contribution in [0, 0.1) is 5.82 Å². The number of hydrogen-bond donors (Lipinski definition) is 1. The van der Waals surface area contributed by atoms with E-state index < -0.39 is 0 Å². The average Bonchev–Trinajstić information content (AvgIpc) is 2.29. The normalized spacial score (nSPS) is 10.4. The summed E-state index contributed by atoms with van der Waals surface area (Å²) >= 11 is 0. The first-order valence-corrected chi connectivity index (χ1v) is 5.47. The molecule has 0 radical (unpaired) electrons. The lowest BCUT2D eigenvalue weighted by molar-refractivity contribution is 0.0217. The molecular formula is C12H18FNO2.